The number of pyridine rings is 1. The van der Waals surface area contributed by atoms with Crippen molar-refractivity contribution >= 4 is 45.9 Å². The first kappa shape index (κ1) is 32.0. The number of thioether (sulfide) groups is 1. The van der Waals surface area contributed by atoms with Crippen LogP contribution < -0.4 is 29.6 Å². The summed E-state index contributed by atoms with van der Waals surface area (Å²) in [4.78, 5) is 32.9. The molecule has 2 fully saturated rings. The Balaban J connectivity index is 1.04. The molecule has 0 unspecified atom stereocenters. The molecule has 0 radical (unpaired) electrons. The third kappa shape index (κ3) is 6.83. The second kappa shape index (κ2) is 13.9. The molecule has 7 rings (SSSR count). The van der Waals surface area contributed by atoms with Crippen LogP contribution in [0.2, 0.25) is 0 Å². The molecular formula is C35H34F2N4O6S. The molecule has 2 aliphatic heterocycles. The highest BCUT2D eigenvalue weighted by Crippen LogP contribution is 2.49. The van der Waals surface area contributed by atoms with E-state index in [2.05, 4.69) is 20.5 Å². The molecular weight excluding hydrogens is 642 g/mol. The van der Waals surface area contributed by atoms with Gasteiger partial charge in [0.05, 0.1) is 17.5 Å². The number of halogens is 2. The van der Waals surface area contributed by atoms with Gasteiger partial charge in [0, 0.05) is 60.8 Å². The predicted molar refractivity (Wildman–Crippen MR) is 178 cm³/mol. The SMILES string of the molecule is O=C(Nc1ccc(F)cc1)C1(C(=O)Nc2ccc(Oc3ccnc4cc(OCCCN5CCSCC5)c5c(c34)OCCO5)c(F)c2)CC1. The van der Waals surface area contributed by atoms with E-state index in [-0.39, 0.29) is 11.4 Å². The lowest BCUT2D eigenvalue weighted by molar-refractivity contribution is -0.131. The molecule has 2 amide bonds. The van der Waals surface area contributed by atoms with Crippen molar-refractivity contribution in [2.24, 2.45) is 5.41 Å². The molecule has 1 saturated carbocycles. The summed E-state index contributed by atoms with van der Waals surface area (Å²) >= 11 is 1.98. The van der Waals surface area contributed by atoms with Crippen molar-refractivity contribution in [1.29, 1.82) is 0 Å². The minimum absolute atomic E-state index is 0.0856. The van der Waals surface area contributed by atoms with Crippen LogP contribution in [0.1, 0.15) is 19.3 Å². The lowest BCUT2D eigenvalue weighted by Gasteiger charge is -2.26. The second-order valence-electron chi connectivity index (χ2n) is 11.8. The van der Waals surface area contributed by atoms with E-state index >= 15 is 4.39 Å². The minimum atomic E-state index is -1.29. The molecule has 1 aliphatic carbocycles. The van der Waals surface area contributed by atoms with Crippen molar-refractivity contribution in [1.82, 2.24) is 9.88 Å². The minimum Gasteiger partial charge on any atom is -0.489 e. The Hall–Kier alpha value is -4.62. The topological polar surface area (TPSA) is 111 Å². The number of ether oxygens (including phenoxy) is 4. The van der Waals surface area contributed by atoms with E-state index in [1.807, 2.05) is 11.8 Å². The summed E-state index contributed by atoms with van der Waals surface area (Å²) in [5.41, 5.74) is -0.203. The Labute approximate surface area is 280 Å². The number of carbonyl (C=O) groups excluding carboxylic acids is 2. The van der Waals surface area contributed by atoms with E-state index in [9.17, 15) is 14.0 Å². The van der Waals surface area contributed by atoms with Gasteiger partial charge < -0.3 is 34.5 Å². The molecule has 1 aromatic heterocycles. The van der Waals surface area contributed by atoms with Crippen LogP contribution in [0.3, 0.4) is 0 Å². The lowest BCUT2D eigenvalue weighted by Crippen LogP contribution is -2.35. The van der Waals surface area contributed by atoms with Gasteiger partial charge in [-0.2, -0.15) is 11.8 Å². The summed E-state index contributed by atoms with van der Waals surface area (Å²) in [5.74, 6) is 1.73. The van der Waals surface area contributed by atoms with Crippen LogP contribution in [-0.4, -0.2) is 72.7 Å². The van der Waals surface area contributed by atoms with E-state index in [1.54, 1.807) is 18.3 Å². The van der Waals surface area contributed by atoms with Gasteiger partial charge in [-0.25, -0.2) is 8.78 Å². The molecule has 1 saturated heterocycles. The van der Waals surface area contributed by atoms with Gasteiger partial charge in [0.15, 0.2) is 23.1 Å². The van der Waals surface area contributed by atoms with E-state index in [1.165, 1.54) is 36.4 Å². The highest BCUT2D eigenvalue weighted by Gasteiger charge is 2.56. The second-order valence-corrected chi connectivity index (χ2v) is 13.1. The fourth-order valence-electron chi connectivity index (χ4n) is 5.76. The summed E-state index contributed by atoms with van der Waals surface area (Å²) in [7, 11) is 0. The maximum absolute atomic E-state index is 15.4. The summed E-state index contributed by atoms with van der Waals surface area (Å²) in [5, 5.41) is 5.82. The molecule has 3 aliphatic rings. The Morgan fingerprint density at radius 2 is 1.58 bits per heavy atom. The van der Waals surface area contributed by atoms with Crippen LogP contribution in [0.5, 0.6) is 28.7 Å². The Kier molecular flexibility index (Phi) is 9.22. The normalized spacial score (nSPS) is 16.6. The van der Waals surface area contributed by atoms with Crippen LogP contribution in [-0.2, 0) is 9.59 Å². The van der Waals surface area contributed by atoms with Crippen molar-refractivity contribution in [3.8, 4) is 28.7 Å². The molecule has 3 aromatic carbocycles. The fourth-order valence-corrected chi connectivity index (χ4v) is 6.74. The number of hydrogen-bond acceptors (Lipinski definition) is 9. The Morgan fingerprint density at radius 3 is 2.31 bits per heavy atom. The Morgan fingerprint density at radius 1 is 0.875 bits per heavy atom. The number of amides is 2. The number of aromatic nitrogens is 1. The van der Waals surface area contributed by atoms with E-state index in [4.69, 9.17) is 18.9 Å². The van der Waals surface area contributed by atoms with Crippen molar-refractivity contribution < 1.29 is 37.3 Å². The zero-order valence-electron chi connectivity index (χ0n) is 26.1. The average Bonchev–Trinajstić information content (AvgIpc) is 3.92. The van der Waals surface area contributed by atoms with Crippen molar-refractivity contribution in [3.05, 3.63) is 72.4 Å². The molecule has 13 heteroatoms. The molecule has 0 atom stereocenters. The monoisotopic (exact) mass is 676 g/mol. The first-order valence-electron chi connectivity index (χ1n) is 15.9. The van der Waals surface area contributed by atoms with E-state index in [0.29, 0.717) is 72.3 Å². The number of nitrogens with zero attached hydrogens (tertiary/aromatic N) is 2. The third-order valence-electron chi connectivity index (χ3n) is 8.55. The molecule has 48 heavy (non-hydrogen) atoms. The third-order valence-corrected chi connectivity index (χ3v) is 9.50. The smallest absolute Gasteiger partial charge is 0.240 e. The van der Waals surface area contributed by atoms with Gasteiger partial charge >= 0.3 is 0 Å². The van der Waals surface area contributed by atoms with Gasteiger partial charge in [0.1, 0.15) is 30.2 Å². The predicted octanol–water partition coefficient (Wildman–Crippen LogP) is 6.25. The van der Waals surface area contributed by atoms with Gasteiger partial charge in [-0.05, 0) is 61.7 Å². The number of rotatable bonds is 11. The number of hydrogen-bond donors (Lipinski definition) is 2. The molecule has 2 N–H and O–H groups in total. The van der Waals surface area contributed by atoms with Gasteiger partial charge in [-0.15, -0.1) is 0 Å². The molecule has 0 spiro atoms. The van der Waals surface area contributed by atoms with Crippen LogP contribution in [0.15, 0.2) is 60.8 Å². The Bertz CT molecular complexity index is 1830. The molecule has 4 aromatic rings. The quantitative estimate of drug-likeness (QED) is 0.141. The maximum atomic E-state index is 15.4. The van der Waals surface area contributed by atoms with Crippen LogP contribution in [0.4, 0.5) is 20.2 Å². The fraction of sp³-hybridized carbons (Fsp3) is 0.343. The first-order valence-corrected chi connectivity index (χ1v) is 17.1. The van der Waals surface area contributed by atoms with Crippen molar-refractivity contribution in [3.63, 3.8) is 0 Å². The largest absolute Gasteiger partial charge is 0.489 e. The number of fused-ring (bicyclic) bond motifs is 3. The zero-order valence-corrected chi connectivity index (χ0v) is 26.9. The standard InChI is InChI=1S/C35H34F2N4O6S/c36-22-2-4-23(5-3-22)39-33(42)35(9-10-35)34(43)40-24-6-7-27(25(37)20-24)47-28-8-11-38-26-21-29(31-32(30(26)28)46-17-16-45-31)44-15-1-12-41-13-18-48-19-14-41/h2-8,11,20-21H,1,9-10,12-19H2,(H,39,42)(H,40,43). The van der Waals surface area contributed by atoms with E-state index in [0.717, 1.165) is 43.6 Å². The van der Waals surface area contributed by atoms with Crippen molar-refractivity contribution in [2.75, 3.05) is 61.6 Å². The highest BCUT2D eigenvalue weighted by atomic mass is 32.2. The van der Waals surface area contributed by atoms with Gasteiger partial charge in [-0.3, -0.25) is 14.6 Å². The summed E-state index contributed by atoms with van der Waals surface area (Å²) in [6.45, 7) is 4.34. The summed E-state index contributed by atoms with van der Waals surface area (Å²) in [6.07, 6.45) is 3.11. The number of benzene rings is 3. The molecule has 10 nitrogen and oxygen atoms in total. The van der Waals surface area contributed by atoms with Gasteiger partial charge in [-0.1, -0.05) is 0 Å². The molecule has 3 heterocycles. The lowest BCUT2D eigenvalue weighted by atomic mass is 10.0. The number of carbonyl (C=O) groups is 2. The average molecular weight is 677 g/mol. The first-order chi connectivity index (χ1) is 23.4. The van der Waals surface area contributed by atoms with Crippen LogP contribution >= 0.6 is 11.8 Å². The van der Waals surface area contributed by atoms with E-state index < -0.39 is 28.9 Å². The zero-order chi connectivity index (χ0) is 33.1. The van der Waals surface area contributed by atoms with Gasteiger partial charge in [0.2, 0.25) is 17.6 Å². The van der Waals surface area contributed by atoms with Crippen LogP contribution in [0, 0.1) is 17.0 Å². The number of nitrogens with one attached hydrogen (secondary N) is 2. The highest BCUT2D eigenvalue weighted by molar-refractivity contribution is 7.99. The van der Waals surface area contributed by atoms with Gasteiger partial charge in [0.25, 0.3) is 0 Å². The number of anilines is 2. The molecule has 0 bridgehead atoms. The van der Waals surface area contributed by atoms with Crippen molar-refractivity contribution in [2.45, 2.75) is 19.3 Å². The maximum Gasteiger partial charge on any atom is 0.240 e. The molecule has 250 valence electrons. The van der Waals surface area contributed by atoms with Crippen LogP contribution in [0.25, 0.3) is 10.9 Å². The summed E-state index contributed by atoms with van der Waals surface area (Å²) < 4.78 is 52.8. The summed E-state index contributed by atoms with van der Waals surface area (Å²) in [6, 6.07) is 12.7.